The maximum atomic E-state index is 5.80. The highest BCUT2D eigenvalue weighted by Crippen LogP contribution is 2.32. The number of fused-ring (bicyclic) bond motifs is 1. The number of hydrogen-bond acceptors (Lipinski definition) is 6. The number of hydrogen-bond donors (Lipinski definition) is 0. The molecule has 0 saturated carbocycles. The molecule has 0 atom stereocenters. The van der Waals surface area contributed by atoms with E-state index in [4.69, 9.17) is 24.3 Å². The second kappa shape index (κ2) is 8.93. The zero-order valence-corrected chi connectivity index (χ0v) is 17.2. The van der Waals surface area contributed by atoms with E-state index in [-0.39, 0.29) is 0 Å². The minimum absolute atomic E-state index is 0.525. The summed E-state index contributed by atoms with van der Waals surface area (Å²) in [6.07, 6.45) is 0.938. The Balaban J connectivity index is 1.99. The predicted octanol–water partition coefficient (Wildman–Crippen LogP) is 3.58. The van der Waals surface area contributed by atoms with Crippen molar-refractivity contribution in [3.8, 4) is 22.9 Å². The molecule has 0 bridgehead atoms. The lowest BCUT2D eigenvalue weighted by molar-refractivity contribution is 0.146. The number of anilines is 1. The lowest BCUT2D eigenvalue weighted by Crippen LogP contribution is -2.14. The molecule has 2 heterocycles. The second-order valence-electron chi connectivity index (χ2n) is 6.80. The van der Waals surface area contributed by atoms with Gasteiger partial charge in [-0.3, -0.25) is 0 Å². The number of benzene rings is 1. The SMILES string of the molecule is CCCOc1nn2c(N(C)C)c(-c3ccc(OCCOC)cc3)nc2cc1C. The molecule has 2 aromatic heterocycles. The molecule has 0 unspecified atom stereocenters. The number of aryl methyl sites for hydroxylation is 1. The van der Waals surface area contributed by atoms with E-state index in [1.54, 1.807) is 7.11 Å². The van der Waals surface area contributed by atoms with Crippen molar-refractivity contribution in [1.82, 2.24) is 14.6 Å². The van der Waals surface area contributed by atoms with Gasteiger partial charge in [-0.25, -0.2) is 4.98 Å². The van der Waals surface area contributed by atoms with Crippen LogP contribution in [0.3, 0.4) is 0 Å². The summed E-state index contributed by atoms with van der Waals surface area (Å²) in [5, 5.41) is 4.70. The van der Waals surface area contributed by atoms with Gasteiger partial charge >= 0.3 is 0 Å². The van der Waals surface area contributed by atoms with Gasteiger partial charge in [-0.1, -0.05) is 6.92 Å². The molecule has 0 radical (unpaired) electrons. The first-order valence-electron chi connectivity index (χ1n) is 9.47. The summed E-state index contributed by atoms with van der Waals surface area (Å²) in [6, 6.07) is 9.93. The van der Waals surface area contributed by atoms with Crippen molar-refractivity contribution in [2.75, 3.05) is 45.9 Å². The Morgan fingerprint density at radius 1 is 1.04 bits per heavy atom. The van der Waals surface area contributed by atoms with Crippen LogP contribution in [-0.4, -0.2) is 55.6 Å². The number of ether oxygens (including phenoxy) is 3. The average Bonchev–Trinajstić information content (AvgIpc) is 3.05. The zero-order chi connectivity index (χ0) is 20.1. The number of aromatic nitrogens is 3. The molecule has 0 spiro atoms. The van der Waals surface area contributed by atoms with E-state index in [1.165, 1.54) is 0 Å². The van der Waals surface area contributed by atoms with Gasteiger partial charge in [0, 0.05) is 32.3 Å². The lowest BCUT2D eigenvalue weighted by Gasteiger charge is -2.15. The molecule has 0 aliphatic rings. The summed E-state index contributed by atoms with van der Waals surface area (Å²) in [5.41, 5.74) is 3.64. The topological polar surface area (TPSA) is 61.1 Å². The third-order valence-corrected chi connectivity index (χ3v) is 4.28. The molecule has 3 aromatic rings. The Kier molecular flexibility index (Phi) is 6.36. The summed E-state index contributed by atoms with van der Waals surface area (Å²) in [5.74, 6) is 2.35. The fourth-order valence-corrected chi connectivity index (χ4v) is 2.93. The van der Waals surface area contributed by atoms with Gasteiger partial charge < -0.3 is 19.1 Å². The summed E-state index contributed by atoms with van der Waals surface area (Å²) < 4.78 is 18.3. The van der Waals surface area contributed by atoms with Gasteiger partial charge in [0.1, 0.15) is 18.1 Å². The minimum atomic E-state index is 0.525. The number of nitrogens with zero attached hydrogens (tertiary/aromatic N) is 4. The van der Waals surface area contributed by atoms with E-state index in [0.29, 0.717) is 25.7 Å². The van der Waals surface area contributed by atoms with E-state index in [9.17, 15) is 0 Å². The second-order valence-corrected chi connectivity index (χ2v) is 6.80. The van der Waals surface area contributed by atoms with Crippen molar-refractivity contribution in [2.24, 2.45) is 0 Å². The molecule has 1 aromatic carbocycles. The molecular weight excluding hydrogens is 356 g/mol. The number of imidazole rings is 1. The van der Waals surface area contributed by atoms with Crippen LogP contribution in [0.2, 0.25) is 0 Å². The Labute approximate surface area is 165 Å². The first-order chi connectivity index (χ1) is 13.5. The van der Waals surface area contributed by atoms with Crippen LogP contribution in [0.25, 0.3) is 16.9 Å². The molecule has 7 heteroatoms. The van der Waals surface area contributed by atoms with Gasteiger partial charge in [-0.15, -0.1) is 5.10 Å². The van der Waals surface area contributed by atoms with Crippen molar-refractivity contribution in [2.45, 2.75) is 20.3 Å². The summed E-state index contributed by atoms with van der Waals surface area (Å²) in [4.78, 5) is 6.85. The van der Waals surface area contributed by atoms with Crippen LogP contribution < -0.4 is 14.4 Å². The monoisotopic (exact) mass is 384 g/mol. The van der Waals surface area contributed by atoms with Gasteiger partial charge in [0.05, 0.1) is 13.2 Å². The fourth-order valence-electron chi connectivity index (χ4n) is 2.93. The van der Waals surface area contributed by atoms with E-state index in [2.05, 4.69) is 6.92 Å². The Morgan fingerprint density at radius 3 is 2.43 bits per heavy atom. The van der Waals surface area contributed by atoms with Crippen molar-refractivity contribution in [3.05, 3.63) is 35.9 Å². The summed E-state index contributed by atoms with van der Waals surface area (Å²) >= 11 is 0. The summed E-state index contributed by atoms with van der Waals surface area (Å²) in [7, 11) is 5.64. The average molecular weight is 384 g/mol. The molecule has 0 amide bonds. The zero-order valence-electron chi connectivity index (χ0n) is 17.2. The number of methoxy groups -OCH3 is 1. The molecule has 3 rings (SSSR count). The molecular formula is C21H28N4O3. The maximum Gasteiger partial charge on any atom is 0.234 e. The molecule has 0 aliphatic carbocycles. The molecule has 28 heavy (non-hydrogen) atoms. The van der Waals surface area contributed by atoms with Crippen LogP contribution in [0.4, 0.5) is 5.82 Å². The van der Waals surface area contributed by atoms with Crippen LogP contribution in [-0.2, 0) is 4.74 Å². The largest absolute Gasteiger partial charge is 0.491 e. The van der Waals surface area contributed by atoms with Gasteiger partial charge in [-0.2, -0.15) is 4.52 Å². The Hall–Kier alpha value is -2.80. The van der Waals surface area contributed by atoms with Gasteiger partial charge in [0.25, 0.3) is 0 Å². The molecule has 0 aliphatic heterocycles. The highest BCUT2D eigenvalue weighted by molar-refractivity contribution is 5.77. The molecule has 7 nitrogen and oxygen atoms in total. The third kappa shape index (κ3) is 4.20. The quantitative estimate of drug-likeness (QED) is 0.526. The fraction of sp³-hybridized carbons (Fsp3) is 0.429. The van der Waals surface area contributed by atoms with Crippen molar-refractivity contribution >= 4 is 11.5 Å². The van der Waals surface area contributed by atoms with Crippen LogP contribution in [0, 0.1) is 6.92 Å². The van der Waals surface area contributed by atoms with Gasteiger partial charge in [0.2, 0.25) is 5.88 Å². The van der Waals surface area contributed by atoms with E-state index in [0.717, 1.165) is 40.5 Å². The molecule has 0 saturated heterocycles. The van der Waals surface area contributed by atoms with E-state index >= 15 is 0 Å². The minimum Gasteiger partial charge on any atom is -0.491 e. The van der Waals surface area contributed by atoms with Crippen LogP contribution in [0.5, 0.6) is 11.6 Å². The lowest BCUT2D eigenvalue weighted by atomic mass is 10.1. The highest BCUT2D eigenvalue weighted by Gasteiger charge is 2.19. The highest BCUT2D eigenvalue weighted by atomic mass is 16.5. The Morgan fingerprint density at radius 2 is 1.79 bits per heavy atom. The van der Waals surface area contributed by atoms with Crippen LogP contribution >= 0.6 is 0 Å². The van der Waals surface area contributed by atoms with Crippen LogP contribution in [0.15, 0.2) is 30.3 Å². The summed E-state index contributed by atoms with van der Waals surface area (Å²) in [6.45, 7) is 5.80. The molecule has 0 N–H and O–H groups in total. The van der Waals surface area contributed by atoms with Crippen LogP contribution in [0.1, 0.15) is 18.9 Å². The van der Waals surface area contributed by atoms with Gasteiger partial charge in [-0.05, 0) is 43.7 Å². The normalized spacial score (nSPS) is 11.0. The van der Waals surface area contributed by atoms with Crippen molar-refractivity contribution in [3.63, 3.8) is 0 Å². The van der Waals surface area contributed by atoms with Crippen molar-refractivity contribution < 1.29 is 14.2 Å². The van der Waals surface area contributed by atoms with E-state index in [1.807, 2.05) is 60.8 Å². The number of rotatable bonds is 9. The first-order valence-corrected chi connectivity index (χ1v) is 9.47. The molecule has 0 fully saturated rings. The maximum absolute atomic E-state index is 5.80. The Bertz CT molecular complexity index is 920. The smallest absolute Gasteiger partial charge is 0.234 e. The third-order valence-electron chi connectivity index (χ3n) is 4.28. The van der Waals surface area contributed by atoms with Crippen molar-refractivity contribution in [1.29, 1.82) is 0 Å². The predicted molar refractivity (Wildman–Crippen MR) is 111 cm³/mol. The first kappa shape index (κ1) is 19.9. The standard InChI is InChI=1S/C21H28N4O3/c1-6-11-28-20-15(2)14-18-22-19(21(24(3)4)25(18)23-20)16-7-9-17(10-8-16)27-13-12-26-5/h7-10,14H,6,11-13H2,1-5H3. The van der Waals surface area contributed by atoms with Gasteiger partial charge in [0.15, 0.2) is 11.5 Å². The van der Waals surface area contributed by atoms with E-state index < -0.39 is 0 Å². The molecule has 150 valence electrons.